The molecule has 2 rings (SSSR count). The molecular formula is C12H11Cl2N3OS. The lowest BCUT2D eigenvalue weighted by Gasteiger charge is -2.09. The predicted molar refractivity (Wildman–Crippen MR) is 78.2 cm³/mol. The number of nitrogens with zero attached hydrogens (tertiary/aromatic N) is 2. The Morgan fingerprint density at radius 1 is 1.32 bits per heavy atom. The molecular weight excluding hydrogens is 305 g/mol. The average molecular weight is 316 g/mol. The van der Waals surface area contributed by atoms with Gasteiger partial charge in [0.2, 0.25) is 5.88 Å². The molecule has 0 atom stereocenters. The largest absolute Gasteiger partial charge is 0.476 e. The summed E-state index contributed by atoms with van der Waals surface area (Å²) in [4.78, 5) is 8.89. The number of ether oxygens (including phenoxy) is 1. The zero-order valence-corrected chi connectivity index (χ0v) is 12.4. The van der Waals surface area contributed by atoms with Gasteiger partial charge in [-0.3, -0.25) is 0 Å². The lowest BCUT2D eigenvalue weighted by atomic mass is 10.4. The number of anilines is 1. The number of halogens is 2. The first kappa shape index (κ1) is 14.2. The lowest BCUT2D eigenvalue weighted by molar-refractivity contribution is 0.327. The van der Waals surface area contributed by atoms with Gasteiger partial charge in [0.25, 0.3) is 0 Å². The number of benzene rings is 1. The molecule has 0 aliphatic rings. The van der Waals surface area contributed by atoms with Crippen molar-refractivity contribution in [2.45, 2.75) is 16.8 Å². The van der Waals surface area contributed by atoms with E-state index in [2.05, 4.69) is 9.97 Å². The third kappa shape index (κ3) is 3.43. The molecule has 2 N–H and O–H groups in total. The van der Waals surface area contributed by atoms with Gasteiger partial charge in [0, 0.05) is 9.92 Å². The number of rotatable bonds is 4. The van der Waals surface area contributed by atoms with Crippen LogP contribution in [-0.4, -0.2) is 16.6 Å². The Hall–Kier alpha value is -1.17. The van der Waals surface area contributed by atoms with Crippen LogP contribution >= 0.6 is 35.0 Å². The maximum Gasteiger partial charge on any atom is 0.241 e. The summed E-state index contributed by atoms with van der Waals surface area (Å²) in [5.74, 6) is 0.373. The molecule has 1 heterocycles. The van der Waals surface area contributed by atoms with E-state index in [9.17, 15) is 0 Å². The summed E-state index contributed by atoms with van der Waals surface area (Å²) in [6.07, 6.45) is 1.40. The number of hydrogen-bond donors (Lipinski definition) is 1. The van der Waals surface area contributed by atoms with E-state index >= 15 is 0 Å². The molecule has 19 heavy (non-hydrogen) atoms. The van der Waals surface area contributed by atoms with E-state index in [1.165, 1.54) is 18.1 Å². The number of aromatic nitrogens is 2. The molecule has 0 amide bonds. The first-order chi connectivity index (χ1) is 9.11. The summed E-state index contributed by atoms with van der Waals surface area (Å²) in [7, 11) is 0. The van der Waals surface area contributed by atoms with E-state index in [1.807, 2.05) is 6.92 Å². The summed E-state index contributed by atoms with van der Waals surface area (Å²) < 4.78 is 5.32. The summed E-state index contributed by atoms with van der Waals surface area (Å²) >= 11 is 13.4. The van der Waals surface area contributed by atoms with Crippen LogP contribution in [0.5, 0.6) is 5.88 Å². The van der Waals surface area contributed by atoms with Crippen molar-refractivity contribution in [3.63, 3.8) is 0 Å². The third-order valence-electron chi connectivity index (χ3n) is 2.19. The Bertz CT molecular complexity index is 595. The molecule has 0 fully saturated rings. The highest BCUT2D eigenvalue weighted by Crippen LogP contribution is 2.38. The van der Waals surface area contributed by atoms with Crippen LogP contribution in [0.2, 0.25) is 10.0 Å². The van der Waals surface area contributed by atoms with Gasteiger partial charge in [-0.25, -0.2) is 4.98 Å². The van der Waals surface area contributed by atoms with Gasteiger partial charge in [-0.05, 0) is 25.1 Å². The Morgan fingerprint density at radius 2 is 2.11 bits per heavy atom. The summed E-state index contributed by atoms with van der Waals surface area (Å²) in [5, 5.41) is 1.78. The first-order valence-electron chi connectivity index (χ1n) is 5.48. The van der Waals surface area contributed by atoms with Crippen LogP contribution in [0.25, 0.3) is 0 Å². The molecule has 0 saturated carbocycles. The van der Waals surface area contributed by atoms with Crippen LogP contribution in [0, 0.1) is 0 Å². The second-order valence-corrected chi connectivity index (χ2v) is 5.38. The van der Waals surface area contributed by atoms with Crippen molar-refractivity contribution < 1.29 is 4.74 Å². The van der Waals surface area contributed by atoms with Gasteiger partial charge in [0.15, 0.2) is 0 Å². The molecule has 0 spiro atoms. The minimum atomic E-state index is 0.373. The third-order valence-corrected chi connectivity index (χ3v) is 3.94. The second kappa shape index (κ2) is 6.32. The van der Waals surface area contributed by atoms with Crippen LogP contribution in [0.1, 0.15) is 6.92 Å². The quantitative estimate of drug-likeness (QED) is 0.866. The fourth-order valence-corrected chi connectivity index (χ4v) is 2.68. The van der Waals surface area contributed by atoms with Gasteiger partial charge in [0.1, 0.15) is 17.0 Å². The zero-order chi connectivity index (χ0) is 13.8. The SMILES string of the molecule is CCOc1ncnc(Sc2cc(Cl)ccc2Cl)c1N. The van der Waals surface area contributed by atoms with Crippen molar-refractivity contribution in [2.75, 3.05) is 12.3 Å². The van der Waals surface area contributed by atoms with Crippen LogP contribution in [-0.2, 0) is 0 Å². The van der Waals surface area contributed by atoms with Crippen molar-refractivity contribution in [1.29, 1.82) is 0 Å². The maximum absolute atomic E-state index is 6.10. The predicted octanol–water partition coefficient (Wildman–Crippen LogP) is 3.92. The molecule has 0 aliphatic heterocycles. The Balaban J connectivity index is 2.33. The highest BCUT2D eigenvalue weighted by molar-refractivity contribution is 7.99. The van der Waals surface area contributed by atoms with Crippen LogP contribution < -0.4 is 10.5 Å². The van der Waals surface area contributed by atoms with Gasteiger partial charge >= 0.3 is 0 Å². The van der Waals surface area contributed by atoms with Gasteiger partial charge in [-0.1, -0.05) is 35.0 Å². The van der Waals surface area contributed by atoms with Gasteiger partial charge in [-0.2, -0.15) is 4.98 Å². The van der Waals surface area contributed by atoms with E-state index in [0.29, 0.717) is 33.2 Å². The normalized spacial score (nSPS) is 10.5. The van der Waals surface area contributed by atoms with Gasteiger partial charge < -0.3 is 10.5 Å². The zero-order valence-electron chi connectivity index (χ0n) is 10.1. The van der Waals surface area contributed by atoms with Crippen molar-refractivity contribution >= 4 is 40.7 Å². The summed E-state index contributed by atoms with van der Waals surface area (Å²) in [6.45, 7) is 2.35. The monoisotopic (exact) mass is 315 g/mol. The molecule has 2 aromatic rings. The molecule has 1 aromatic carbocycles. The minimum absolute atomic E-state index is 0.373. The fourth-order valence-electron chi connectivity index (χ4n) is 1.36. The number of hydrogen-bond acceptors (Lipinski definition) is 5. The smallest absolute Gasteiger partial charge is 0.241 e. The Kier molecular flexibility index (Phi) is 4.74. The van der Waals surface area contributed by atoms with Crippen LogP contribution in [0.15, 0.2) is 34.4 Å². The second-order valence-electron chi connectivity index (χ2n) is 3.51. The molecule has 0 radical (unpaired) electrons. The van der Waals surface area contributed by atoms with E-state index in [-0.39, 0.29) is 0 Å². The molecule has 0 saturated heterocycles. The minimum Gasteiger partial charge on any atom is -0.476 e. The molecule has 0 unspecified atom stereocenters. The topological polar surface area (TPSA) is 61.0 Å². The first-order valence-corrected chi connectivity index (χ1v) is 7.05. The van der Waals surface area contributed by atoms with E-state index < -0.39 is 0 Å². The highest BCUT2D eigenvalue weighted by Gasteiger charge is 2.12. The molecule has 100 valence electrons. The maximum atomic E-state index is 6.10. The molecule has 0 bridgehead atoms. The van der Waals surface area contributed by atoms with Crippen molar-refractivity contribution in [3.05, 3.63) is 34.6 Å². The van der Waals surface area contributed by atoms with Crippen molar-refractivity contribution in [3.8, 4) is 5.88 Å². The molecule has 1 aromatic heterocycles. The van der Waals surface area contributed by atoms with E-state index in [1.54, 1.807) is 18.2 Å². The number of nitrogen functional groups attached to an aromatic ring is 1. The van der Waals surface area contributed by atoms with Gasteiger partial charge in [-0.15, -0.1) is 0 Å². The van der Waals surface area contributed by atoms with E-state index in [0.717, 1.165) is 4.90 Å². The summed E-state index contributed by atoms with van der Waals surface area (Å²) in [6, 6.07) is 5.21. The standard InChI is InChI=1S/C12H11Cl2N3OS/c1-2-18-11-10(15)12(17-6-16-11)19-9-5-7(13)3-4-8(9)14/h3-6H,2,15H2,1H3. The molecule has 4 nitrogen and oxygen atoms in total. The Morgan fingerprint density at radius 3 is 2.84 bits per heavy atom. The lowest BCUT2D eigenvalue weighted by Crippen LogP contribution is -2.02. The Labute approximate surface area is 125 Å². The number of nitrogens with two attached hydrogens (primary N) is 1. The van der Waals surface area contributed by atoms with Crippen LogP contribution in [0.4, 0.5) is 5.69 Å². The average Bonchev–Trinajstić information content (AvgIpc) is 2.39. The summed E-state index contributed by atoms with van der Waals surface area (Å²) in [5.41, 5.74) is 6.35. The fraction of sp³-hybridized carbons (Fsp3) is 0.167. The van der Waals surface area contributed by atoms with Crippen LogP contribution in [0.3, 0.4) is 0 Å². The van der Waals surface area contributed by atoms with Crippen molar-refractivity contribution in [1.82, 2.24) is 9.97 Å². The molecule has 0 aliphatic carbocycles. The highest BCUT2D eigenvalue weighted by atomic mass is 35.5. The van der Waals surface area contributed by atoms with E-state index in [4.69, 9.17) is 33.7 Å². The molecule has 7 heteroatoms. The van der Waals surface area contributed by atoms with Crippen molar-refractivity contribution in [2.24, 2.45) is 0 Å². The van der Waals surface area contributed by atoms with Gasteiger partial charge in [0.05, 0.1) is 11.6 Å².